The largest absolute Gasteiger partial charge is 0.391 e. The quantitative estimate of drug-likeness (QED) is 0.825. The van der Waals surface area contributed by atoms with Crippen molar-refractivity contribution in [3.8, 4) is 0 Å². The van der Waals surface area contributed by atoms with E-state index in [9.17, 15) is 5.11 Å². The lowest BCUT2D eigenvalue weighted by molar-refractivity contribution is 0.158. The first kappa shape index (κ1) is 13.8. The summed E-state index contributed by atoms with van der Waals surface area (Å²) >= 11 is 5.82. The smallest absolute Gasteiger partial charge is 0.131 e. The van der Waals surface area contributed by atoms with Crippen LogP contribution in [0.1, 0.15) is 12.5 Å². The Morgan fingerprint density at radius 1 is 1.26 bits per heavy atom. The Morgan fingerprint density at radius 2 is 2.00 bits per heavy atom. The molecule has 2 N–H and O–H groups in total. The van der Waals surface area contributed by atoms with Gasteiger partial charge in [0.15, 0.2) is 0 Å². The molecule has 3 nitrogen and oxygen atoms in total. The van der Waals surface area contributed by atoms with Gasteiger partial charge in [-0.25, -0.2) is 4.98 Å². The molecule has 1 aromatic heterocycles. The molecule has 2 atom stereocenters. The molecule has 0 aliphatic carbocycles. The molecule has 19 heavy (non-hydrogen) atoms. The number of aliphatic hydroxyl groups is 1. The molecule has 2 rings (SSSR count). The van der Waals surface area contributed by atoms with Crippen LogP contribution in [-0.2, 0) is 6.42 Å². The number of aliphatic hydroxyl groups excluding tert-OH is 1. The van der Waals surface area contributed by atoms with E-state index in [-0.39, 0.29) is 6.04 Å². The number of halogens is 1. The Labute approximate surface area is 118 Å². The zero-order valence-corrected chi connectivity index (χ0v) is 11.5. The van der Waals surface area contributed by atoms with Gasteiger partial charge in [0, 0.05) is 24.3 Å². The number of hydrogen-bond acceptors (Lipinski definition) is 3. The van der Waals surface area contributed by atoms with Crippen LogP contribution in [0.2, 0.25) is 5.15 Å². The number of nitrogens with one attached hydrogen (secondary N) is 1. The van der Waals surface area contributed by atoms with Crippen LogP contribution < -0.4 is 5.32 Å². The fraction of sp³-hybridized carbons (Fsp3) is 0.267. The Hall–Kier alpha value is -1.58. The van der Waals surface area contributed by atoms with Crippen molar-refractivity contribution in [2.45, 2.75) is 25.5 Å². The highest BCUT2D eigenvalue weighted by Crippen LogP contribution is 2.15. The summed E-state index contributed by atoms with van der Waals surface area (Å²) in [6.45, 7) is 1.95. The second-order valence-electron chi connectivity index (χ2n) is 4.56. The van der Waals surface area contributed by atoms with Gasteiger partial charge in [-0.1, -0.05) is 41.9 Å². The molecule has 1 heterocycles. The third-order valence-electron chi connectivity index (χ3n) is 2.99. The van der Waals surface area contributed by atoms with Crippen LogP contribution in [0.3, 0.4) is 0 Å². The number of nitrogens with zero attached hydrogens (tertiary/aromatic N) is 1. The minimum Gasteiger partial charge on any atom is -0.391 e. The predicted octanol–water partition coefficient (Wildman–Crippen LogP) is 3.14. The summed E-state index contributed by atoms with van der Waals surface area (Å²) in [6, 6.07) is 13.4. The molecule has 0 fully saturated rings. The van der Waals surface area contributed by atoms with Crippen LogP contribution in [0.25, 0.3) is 0 Å². The van der Waals surface area contributed by atoms with Crippen LogP contribution in [0, 0.1) is 0 Å². The minimum atomic E-state index is -0.464. The highest BCUT2D eigenvalue weighted by atomic mass is 35.5. The first-order valence-electron chi connectivity index (χ1n) is 6.25. The van der Waals surface area contributed by atoms with Crippen LogP contribution in [-0.4, -0.2) is 22.2 Å². The van der Waals surface area contributed by atoms with Crippen molar-refractivity contribution in [2.75, 3.05) is 5.32 Å². The normalized spacial score (nSPS) is 13.8. The molecular formula is C15H17ClN2O. The average molecular weight is 277 g/mol. The van der Waals surface area contributed by atoms with Gasteiger partial charge in [0.1, 0.15) is 5.15 Å². The molecule has 2 unspecified atom stereocenters. The van der Waals surface area contributed by atoms with E-state index >= 15 is 0 Å². The number of aromatic nitrogens is 1. The fourth-order valence-electron chi connectivity index (χ4n) is 1.88. The summed E-state index contributed by atoms with van der Waals surface area (Å²) in [7, 11) is 0. The van der Waals surface area contributed by atoms with E-state index in [1.165, 1.54) is 0 Å². The van der Waals surface area contributed by atoms with Crippen LogP contribution >= 0.6 is 11.6 Å². The van der Waals surface area contributed by atoms with Gasteiger partial charge in [0.05, 0.1) is 6.10 Å². The Kier molecular flexibility index (Phi) is 4.77. The van der Waals surface area contributed by atoms with Gasteiger partial charge in [0.2, 0.25) is 0 Å². The van der Waals surface area contributed by atoms with Crippen molar-refractivity contribution in [1.29, 1.82) is 0 Å². The molecule has 0 bridgehead atoms. The zero-order chi connectivity index (χ0) is 13.7. The molecule has 0 saturated heterocycles. The Bertz CT molecular complexity index is 519. The molecule has 0 radical (unpaired) electrons. The number of anilines is 1. The van der Waals surface area contributed by atoms with E-state index in [0.717, 1.165) is 11.3 Å². The second-order valence-corrected chi connectivity index (χ2v) is 4.94. The van der Waals surface area contributed by atoms with Gasteiger partial charge >= 0.3 is 0 Å². The van der Waals surface area contributed by atoms with Crippen molar-refractivity contribution in [3.05, 3.63) is 59.4 Å². The maximum atomic E-state index is 10.2. The van der Waals surface area contributed by atoms with Gasteiger partial charge in [-0.3, -0.25) is 0 Å². The molecular weight excluding hydrogens is 260 g/mol. The molecule has 100 valence electrons. The molecule has 0 aliphatic heterocycles. The van der Waals surface area contributed by atoms with Crippen molar-refractivity contribution < 1.29 is 5.11 Å². The third-order valence-corrected chi connectivity index (χ3v) is 3.19. The van der Waals surface area contributed by atoms with Crippen LogP contribution in [0.4, 0.5) is 5.69 Å². The van der Waals surface area contributed by atoms with Crippen molar-refractivity contribution >= 4 is 17.3 Å². The lowest BCUT2D eigenvalue weighted by Gasteiger charge is -2.21. The van der Waals surface area contributed by atoms with E-state index in [2.05, 4.69) is 10.3 Å². The third kappa shape index (κ3) is 4.23. The molecule has 0 spiro atoms. The summed E-state index contributed by atoms with van der Waals surface area (Å²) in [6.07, 6.45) is 1.80. The van der Waals surface area contributed by atoms with E-state index in [1.807, 2.05) is 43.3 Å². The van der Waals surface area contributed by atoms with Gasteiger partial charge in [0.25, 0.3) is 0 Å². The first-order chi connectivity index (χ1) is 9.15. The molecule has 4 heteroatoms. The van der Waals surface area contributed by atoms with Crippen molar-refractivity contribution in [1.82, 2.24) is 4.98 Å². The number of benzene rings is 1. The molecule has 1 aromatic carbocycles. The zero-order valence-electron chi connectivity index (χ0n) is 10.8. The lowest BCUT2D eigenvalue weighted by Crippen LogP contribution is -2.32. The molecule has 0 saturated carbocycles. The lowest BCUT2D eigenvalue weighted by atomic mass is 10.0. The molecule has 2 aromatic rings. The maximum Gasteiger partial charge on any atom is 0.131 e. The van der Waals surface area contributed by atoms with E-state index in [1.54, 1.807) is 12.3 Å². The summed E-state index contributed by atoms with van der Waals surface area (Å²) in [5.41, 5.74) is 1.98. The highest BCUT2D eigenvalue weighted by molar-refractivity contribution is 6.29. The van der Waals surface area contributed by atoms with Crippen LogP contribution in [0.5, 0.6) is 0 Å². The maximum absolute atomic E-state index is 10.2. The van der Waals surface area contributed by atoms with Gasteiger partial charge < -0.3 is 10.4 Å². The SMILES string of the molecule is CC(Nc1ccnc(Cl)c1)C(O)Cc1ccccc1. The fourth-order valence-corrected chi connectivity index (χ4v) is 2.06. The number of pyridine rings is 1. The Balaban J connectivity index is 1.94. The second kappa shape index (κ2) is 6.55. The monoisotopic (exact) mass is 276 g/mol. The van der Waals surface area contributed by atoms with Crippen LogP contribution in [0.15, 0.2) is 48.7 Å². The Morgan fingerprint density at radius 3 is 2.68 bits per heavy atom. The number of hydrogen-bond donors (Lipinski definition) is 2. The van der Waals surface area contributed by atoms with E-state index < -0.39 is 6.10 Å². The molecule has 0 aliphatic rings. The summed E-state index contributed by atoms with van der Waals surface area (Å²) < 4.78 is 0. The molecule has 0 amide bonds. The summed E-state index contributed by atoms with van der Waals surface area (Å²) in [5.74, 6) is 0. The minimum absolute atomic E-state index is 0.0707. The number of rotatable bonds is 5. The first-order valence-corrected chi connectivity index (χ1v) is 6.63. The van der Waals surface area contributed by atoms with Crippen molar-refractivity contribution in [2.24, 2.45) is 0 Å². The van der Waals surface area contributed by atoms with Gasteiger partial charge in [-0.05, 0) is 24.6 Å². The van der Waals surface area contributed by atoms with Crippen molar-refractivity contribution in [3.63, 3.8) is 0 Å². The topological polar surface area (TPSA) is 45.2 Å². The van der Waals surface area contributed by atoms with Gasteiger partial charge in [-0.2, -0.15) is 0 Å². The summed E-state index contributed by atoms with van der Waals surface area (Å²) in [5, 5.41) is 13.9. The standard InChI is InChI=1S/C15H17ClN2O/c1-11(18-13-7-8-17-15(16)10-13)14(19)9-12-5-3-2-4-6-12/h2-8,10-11,14,19H,9H2,1H3,(H,17,18). The van der Waals surface area contributed by atoms with E-state index in [0.29, 0.717) is 11.6 Å². The average Bonchev–Trinajstić information content (AvgIpc) is 2.40. The predicted molar refractivity (Wildman–Crippen MR) is 78.5 cm³/mol. The van der Waals surface area contributed by atoms with E-state index in [4.69, 9.17) is 11.6 Å². The highest BCUT2D eigenvalue weighted by Gasteiger charge is 2.14. The summed E-state index contributed by atoms with van der Waals surface area (Å²) in [4.78, 5) is 3.92. The van der Waals surface area contributed by atoms with Gasteiger partial charge in [-0.15, -0.1) is 0 Å².